The maximum atomic E-state index is 12.2. The van der Waals surface area contributed by atoms with Crippen molar-refractivity contribution in [3.8, 4) is 0 Å². The molecule has 0 heterocycles. The first-order valence-electron chi connectivity index (χ1n) is 5.45. The quantitative estimate of drug-likeness (QED) is 0.786. The second kappa shape index (κ2) is 6.04. The van der Waals surface area contributed by atoms with Gasteiger partial charge in [-0.25, -0.2) is 0 Å². The van der Waals surface area contributed by atoms with Gasteiger partial charge in [0, 0.05) is 16.1 Å². The van der Waals surface area contributed by atoms with Gasteiger partial charge in [-0.1, -0.05) is 22.9 Å². The van der Waals surface area contributed by atoms with Crippen molar-refractivity contribution < 1.29 is 9.53 Å². The summed E-state index contributed by atoms with van der Waals surface area (Å²) in [6.45, 7) is 3.63. The van der Waals surface area contributed by atoms with Crippen LogP contribution in [0.3, 0.4) is 0 Å². The molecule has 0 spiro atoms. The molecule has 0 saturated heterocycles. The lowest BCUT2D eigenvalue weighted by molar-refractivity contribution is -0.136. The van der Waals surface area contributed by atoms with Crippen molar-refractivity contribution in [1.82, 2.24) is 0 Å². The predicted octanol–water partition coefficient (Wildman–Crippen LogP) is 3.55. The van der Waals surface area contributed by atoms with Crippen molar-refractivity contribution in [3.05, 3.63) is 21.1 Å². The van der Waals surface area contributed by atoms with Gasteiger partial charge in [0.05, 0.1) is 11.4 Å². The molecule has 1 amide bonds. The molecule has 1 rings (SSSR count). The second-order valence-electron chi connectivity index (χ2n) is 4.09. The monoisotopic (exact) mass is 378 g/mol. The van der Waals surface area contributed by atoms with Crippen molar-refractivity contribution in [2.75, 3.05) is 18.2 Å². The highest BCUT2D eigenvalue weighted by Crippen LogP contribution is 2.33. The Morgan fingerprint density at radius 1 is 1.50 bits per heavy atom. The Morgan fingerprint density at radius 2 is 2.11 bits per heavy atom. The van der Waals surface area contributed by atoms with Crippen LogP contribution in [-0.4, -0.2) is 18.6 Å². The third-order valence-corrected chi connectivity index (χ3v) is 4.01. The highest BCUT2D eigenvalue weighted by Gasteiger charge is 2.31. The van der Waals surface area contributed by atoms with Gasteiger partial charge in [0.25, 0.3) is 5.91 Å². The summed E-state index contributed by atoms with van der Waals surface area (Å²) < 4.78 is 6.81. The molecule has 100 valence electrons. The number of nitrogens with one attached hydrogen (secondary N) is 1. The van der Waals surface area contributed by atoms with E-state index >= 15 is 0 Å². The molecule has 6 heteroatoms. The fourth-order valence-corrected chi connectivity index (χ4v) is 2.73. The number of amides is 1. The third kappa shape index (κ3) is 3.24. The van der Waals surface area contributed by atoms with Crippen LogP contribution in [-0.2, 0) is 9.53 Å². The number of rotatable bonds is 4. The van der Waals surface area contributed by atoms with Crippen LogP contribution in [0, 0.1) is 0 Å². The minimum absolute atomic E-state index is 0.220. The molecule has 0 radical (unpaired) electrons. The Labute approximate surface area is 124 Å². The average Bonchev–Trinajstić information content (AvgIpc) is 2.32. The number of nitrogen functional groups attached to an aromatic ring is 1. The first kappa shape index (κ1) is 15.5. The van der Waals surface area contributed by atoms with Crippen molar-refractivity contribution in [1.29, 1.82) is 0 Å². The molecule has 0 bridgehead atoms. The van der Waals surface area contributed by atoms with Crippen LogP contribution >= 0.6 is 31.9 Å². The molecule has 0 saturated carbocycles. The van der Waals surface area contributed by atoms with Crippen LogP contribution in [0.25, 0.3) is 0 Å². The Kier molecular flexibility index (Phi) is 5.19. The van der Waals surface area contributed by atoms with E-state index in [1.54, 1.807) is 13.0 Å². The molecule has 0 aliphatic heterocycles. The van der Waals surface area contributed by atoms with E-state index < -0.39 is 5.60 Å². The summed E-state index contributed by atoms with van der Waals surface area (Å²) >= 11 is 6.70. The number of halogens is 2. The Bertz CT molecular complexity index is 436. The minimum atomic E-state index is -0.862. The molecule has 4 nitrogen and oxygen atoms in total. The molecule has 3 N–H and O–H groups in total. The topological polar surface area (TPSA) is 64.3 Å². The van der Waals surface area contributed by atoms with Crippen LogP contribution in [0.1, 0.15) is 20.3 Å². The summed E-state index contributed by atoms with van der Waals surface area (Å²) in [5.41, 5.74) is 6.06. The predicted molar refractivity (Wildman–Crippen MR) is 80.6 cm³/mol. The lowest BCUT2D eigenvalue weighted by atomic mass is 10.0. The molecule has 1 unspecified atom stereocenters. The summed E-state index contributed by atoms with van der Waals surface area (Å²) in [5, 5.41) is 2.79. The summed E-state index contributed by atoms with van der Waals surface area (Å²) in [6.07, 6.45) is 0.573. The van der Waals surface area contributed by atoms with Crippen LogP contribution in [0.5, 0.6) is 0 Å². The van der Waals surface area contributed by atoms with E-state index in [0.717, 1.165) is 8.95 Å². The van der Waals surface area contributed by atoms with Crippen molar-refractivity contribution >= 4 is 49.1 Å². The SMILES string of the molecule is CCC(C)(OC)C(=O)Nc1c(N)cc(Br)cc1Br. The van der Waals surface area contributed by atoms with E-state index in [1.807, 2.05) is 13.0 Å². The molecule has 18 heavy (non-hydrogen) atoms. The number of carbonyl (C=O) groups excluding carboxylic acids is 1. The van der Waals surface area contributed by atoms with Gasteiger partial charge in [-0.3, -0.25) is 4.79 Å². The Balaban J connectivity index is 3.02. The van der Waals surface area contributed by atoms with E-state index in [9.17, 15) is 4.79 Å². The van der Waals surface area contributed by atoms with Crippen LogP contribution in [0.4, 0.5) is 11.4 Å². The van der Waals surface area contributed by atoms with E-state index in [-0.39, 0.29) is 5.91 Å². The highest BCUT2D eigenvalue weighted by molar-refractivity contribution is 9.11. The summed E-state index contributed by atoms with van der Waals surface area (Å²) in [4.78, 5) is 12.2. The number of methoxy groups -OCH3 is 1. The molecule has 0 aliphatic rings. The van der Waals surface area contributed by atoms with Gasteiger partial charge in [-0.05, 0) is 41.4 Å². The van der Waals surface area contributed by atoms with Crippen molar-refractivity contribution in [2.45, 2.75) is 25.9 Å². The fourth-order valence-electron chi connectivity index (χ4n) is 1.37. The molecule has 1 aromatic rings. The molecule has 1 aromatic carbocycles. The van der Waals surface area contributed by atoms with Crippen LogP contribution in [0.2, 0.25) is 0 Å². The average molecular weight is 380 g/mol. The minimum Gasteiger partial charge on any atom is -0.397 e. The largest absolute Gasteiger partial charge is 0.397 e. The van der Waals surface area contributed by atoms with Gasteiger partial charge >= 0.3 is 0 Å². The third-order valence-electron chi connectivity index (χ3n) is 2.93. The number of carbonyl (C=O) groups is 1. The molecule has 0 fully saturated rings. The molecule has 0 aromatic heterocycles. The Morgan fingerprint density at radius 3 is 2.56 bits per heavy atom. The highest BCUT2D eigenvalue weighted by atomic mass is 79.9. The van der Waals surface area contributed by atoms with Gasteiger partial charge in [0.2, 0.25) is 0 Å². The number of ether oxygens (including phenoxy) is 1. The van der Waals surface area contributed by atoms with E-state index in [4.69, 9.17) is 10.5 Å². The van der Waals surface area contributed by atoms with Crippen molar-refractivity contribution in [3.63, 3.8) is 0 Å². The lowest BCUT2D eigenvalue weighted by Crippen LogP contribution is -2.41. The number of benzene rings is 1. The second-order valence-corrected chi connectivity index (χ2v) is 5.86. The van der Waals surface area contributed by atoms with E-state index in [2.05, 4.69) is 37.2 Å². The summed E-state index contributed by atoms with van der Waals surface area (Å²) in [7, 11) is 1.52. The standard InChI is InChI=1S/C12H16Br2N2O2/c1-4-12(2,18-3)11(17)16-10-8(14)5-7(13)6-9(10)15/h5-6H,4,15H2,1-3H3,(H,16,17). The summed E-state index contributed by atoms with van der Waals surface area (Å²) in [5.74, 6) is -0.220. The number of anilines is 2. The van der Waals surface area contributed by atoms with Gasteiger partial charge in [0.15, 0.2) is 0 Å². The van der Waals surface area contributed by atoms with E-state index in [0.29, 0.717) is 17.8 Å². The van der Waals surface area contributed by atoms with Gasteiger partial charge in [-0.15, -0.1) is 0 Å². The van der Waals surface area contributed by atoms with Crippen LogP contribution < -0.4 is 11.1 Å². The lowest BCUT2D eigenvalue weighted by Gasteiger charge is -2.25. The molecular weight excluding hydrogens is 364 g/mol. The maximum absolute atomic E-state index is 12.2. The smallest absolute Gasteiger partial charge is 0.256 e. The zero-order valence-corrected chi connectivity index (χ0v) is 13.7. The normalized spacial score (nSPS) is 14.1. The van der Waals surface area contributed by atoms with Gasteiger partial charge < -0.3 is 15.8 Å². The van der Waals surface area contributed by atoms with Crippen LogP contribution in [0.15, 0.2) is 21.1 Å². The fraction of sp³-hybridized carbons (Fsp3) is 0.417. The zero-order valence-electron chi connectivity index (χ0n) is 10.5. The van der Waals surface area contributed by atoms with E-state index in [1.165, 1.54) is 7.11 Å². The van der Waals surface area contributed by atoms with Crippen molar-refractivity contribution in [2.24, 2.45) is 0 Å². The first-order valence-corrected chi connectivity index (χ1v) is 7.03. The molecular formula is C12H16Br2N2O2. The van der Waals surface area contributed by atoms with Gasteiger partial charge in [-0.2, -0.15) is 0 Å². The zero-order chi connectivity index (χ0) is 13.9. The Hall–Kier alpha value is -0.590. The number of nitrogens with two attached hydrogens (primary N) is 1. The number of hydrogen-bond donors (Lipinski definition) is 2. The first-order chi connectivity index (χ1) is 8.34. The van der Waals surface area contributed by atoms with Gasteiger partial charge in [0.1, 0.15) is 5.60 Å². The number of hydrogen-bond acceptors (Lipinski definition) is 3. The summed E-state index contributed by atoms with van der Waals surface area (Å²) in [6, 6.07) is 3.55. The molecule has 1 atom stereocenters. The molecule has 0 aliphatic carbocycles. The maximum Gasteiger partial charge on any atom is 0.256 e.